The van der Waals surface area contributed by atoms with Crippen LogP contribution in [0, 0.1) is 0 Å². The lowest BCUT2D eigenvalue weighted by atomic mass is 10.1. The first-order valence-corrected chi connectivity index (χ1v) is 6.16. The molecule has 0 spiro atoms. The molecule has 1 rings (SSSR count). The van der Waals surface area contributed by atoms with Gasteiger partial charge < -0.3 is 14.6 Å². The average Bonchev–Trinajstić information content (AvgIpc) is 2.28. The fraction of sp³-hybridized carbons (Fsp3) is 0.571. The van der Waals surface area contributed by atoms with Gasteiger partial charge in [-0.2, -0.15) is 0 Å². The third-order valence-corrected chi connectivity index (χ3v) is 2.24. The zero-order chi connectivity index (χ0) is 12.7. The predicted octanol–water partition coefficient (Wildman–Crippen LogP) is 2.93. The second-order valence-corrected chi connectivity index (χ2v) is 4.33. The lowest BCUT2D eigenvalue weighted by Gasteiger charge is -2.14. The molecule has 0 fully saturated rings. The zero-order valence-corrected chi connectivity index (χ0v) is 10.8. The maximum atomic E-state index is 9.93. The molecule has 17 heavy (non-hydrogen) atoms. The third-order valence-electron chi connectivity index (χ3n) is 2.24. The summed E-state index contributed by atoms with van der Waals surface area (Å²) in [5.74, 6) is 0.784. The Morgan fingerprint density at radius 1 is 1.29 bits per heavy atom. The third kappa shape index (κ3) is 5.20. The van der Waals surface area contributed by atoms with E-state index < -0.39 is 6.10 Å². The maximum absolute atomic E-state index is 9.93. The molecule has 0 bridgehead atoms. The van der Waals surface area contributed by atoms with Crippen LogP contribution in [-0.2, 0) is 4.74 Å². The van der Waals surface area contributed by atoms with E-state index in [0.717, 1.165) is 17.7 Å². The fourth-order valence-corrected chi connectivity index (χ4v) is 1.50. The first-order chi connectivity index (χ1) is 8.13. The summed E-state index contributed by atoms with van der Waals surface area (Å²) in [4.78, 5) is 0. The van der Waals surface area contributed by atoms with Gasteiger partial charge in [-0.25, -0.2) is 0 Å². The van der Waals surface area contributed by atoms with Gasteiger partial charge in [0.25, 0.3) is 0 Å². The molecule has 0 amide bonds. The number of hydrogen-bond acceptors (Lipinski definition) is 3. The van der Waals surface area contributed by atoms with E-state index in [2.05, 4.69) is 0 Å². The Balaban J connectivity index is 2.57. The van der Waals surface area contributed by atoms with Gasteiger partial charge in [0.1, 0.15) is 11.9 Å². The molecule has 0 saturated heterocycles. The van der Waals surface area contributed by atoms with Crippen molar-refractivity contribution < 1.29 is 14.6 Å². The van der Waals surface area contributed by atoms with Crippen LogP contribution in [0.1, 0.15) is 38.9 Å². The van der Waals surface area contributed by atoms with Gasteiger partial charge in [-0.15, -0.1) is 0 Å². The van der Waals surface area contributed by atoms with Crippen molar-refractivity contribution in [3.63, 3.8) is 0 Å². The number of rotatable bonds is 7. The highest BCUT2D eigenvalue weighted by Gasteiger charge is 2.08. The topological polar surface area (TPSA) is 38.7 Å². The first kappa shape index (κ1) is 14.0. The van der Waals surface area contributed by atoms with Crippen LogP contribution in [0.15, 0.2) is 24.3 Å². The SMILES string of the molecule is CCCOCC(O)c1cccc(OC(C)C)c1. The normalized spacial score (nSPS) is 12.8. The fourth-order valence-electron chi connectivity index (χ4n) is 1.50. The van der Waals surface area contributed by atoms with Crippen molar-refractivity contribution in [2.45, 2.75) is 39.4 Å². The van der Waals surface area contributed by atoms with Crippen molar-refractivity contribution in [2.75, 3.05) is 13.2 Å². The van der Waals surface area contributed by atoms with E-state index in [4.69, 9.17) is 9.47 Å². The van der Waals surface area contributed by atoms with Gasteiger partial charge in [-0.05, 0) is 38.0 Å². The summed E-state index contributed by atoms with van der Waals surface area (Å²) in [6.45, 7) is 7.02. The second-order valence-electron chi connectivity index (χ2n) is 4.33. The zero-order valence-electron chi connectivity index (χ0n) is 10.8. The van der Waals surface area contributed by atoms with E-state index in [1.807, 2.05) is 45.0 Å². The van der Waals surface area contributed by atoms with Crippen LogP contribution in [0.4, 0.5) is 0 Å². The van der Waals surface area contributed by atoms with Crippen LogP contribution in [0.2, 0.25) is 0 Å². The molecule has 0 aliphatic heterocycles. The minimum atomic E-state index is -0.586. The van der Waals surface area contributed by atoms with Gasteiger partial charge in [-0.3, -0.25) is 0 Å². The van der Waals surface area contributed by atoms with Crippen molar-refractivity contribution >= 4 is 0 Å². The Labute approximate surface area is 103 Å². The molecule has 1 aromatic rings. The largest absolute Gasteiger partial charge is 0.491 e. The van der Waals surface area contributed by atoms with E-state index in [9.17, 15) is 5.11 Å². The molecule has 96 valence electrons. The lowest BCUT2D eigenvalue weighted by Crippen LogP contribution is -2.09. The highest BCUT2D eigenvalue weighted by atomic mass is 16.5. The Morgan fingerprint density at radius 3 is 2.71 bits per heavy atom. The molecule has 1 atom stereocenters. The van der Waals surface area contributed by atoms with E-state index in [1.54, 1.807) is 0 Å². The van der Waals surface area contributed by atoms with Gasteiger partial charge in [0.2, 0.25) is 0 Å². The van der Waals surface area contributed by atoms with Gasteiger partial charge >= 0.3 is 0 Å². The van der Waals surface area contributed by atoms with Crippen molar-refractivity contribution in [1.82, 2.24) is 0 Å². The van der Waals surface area contributed by atoms with Gasteiger partial charge in [0.05, 0.1) is 12.7 Å². The van der Waals surface area contributed by atoms with Crippen molar-refractivity contribution in [1.29, 1.82) is 0 Å². The summed E-state index contributed by atoms with van der Waals surface area (Å²) in [6.07, 6.45) is 0.513. The number of aliphatic hydroxyl groups excluding tert-OH is 1. The van der Waals surface area contributed by atoms with Crippen LogP contribution < -0.4 is 4.74 Å². The van der Waals surface area contributed by atoms with Crippen LogP contribution in [0.5, 0.6) is 5.75 Å². The number of benzene rings is 1. The van der Waals surface area contributed by atoms with Gasteiger partial charge in [-0.1, -0.05) is 19.1 Å². The summed E-state index contributed by atoms with van der Waals surface area (Å²) < 4.78 is 10.9. The molecule has 3 heteroatoms. The number of hydrogen-bond donors (Lipinski definition) is 1. The molecular formula is C14H22O3. The summed E-state index contributed by atoms with van der Waals surface area (Å²) in [7, 11) is 0. The second kappa shape index (κ2) is 7.30. The van der Waals surface area contributed by atoms with Gasteiger partial charge in [0.15, 0.2) is 0 Å². The standard InChI is InChI=1S/C14H22O3/c1-4-8-16-10-14(15)12-6-5-7-13(9-12)17-11(2)3/h5-7,9,11,14-15H,4,8,10H2,1-3H3. The molecule has 1 N–H and O–H groups in total. The van der Waals surface area contributed by atoms with Crippen molar-refractivity contribution in [3.05, 3.63) is 29.8 Å². The minimum Gasteiger partial charge on any atom is -0.491 e. The highest BCUT2D eigenvalue weighted by molar-refractivity contribution is 5.30. The van der Waals surface area contributed by atoms with Crippen LogP contribution in [0.3, 0.4) is 0 Å². The van der Waals surface area contributed by atoms with E-state index in [1.165, 1.54) is 0 Å². The molecule has 0 radical (unpaired) electrons. The van der Waals surface area contributed by atoms with Crippen molar-refractivity contribution in [3.8, 4) is 5.75 Å². The lowest BCUT2D eigenvalue weighted by molar-refractivity contribution is 0.0362. The van der Waals surface area contributed by atoms with Crippen LogP contribution in [-0.4, -0.2) is 24.4 Å². The van der Waals surface area contributed by atoms with Gasteiger partial charge in [0, 0.05) is 6.61 Å². The quantitative estimate of drug-likeness (QED) is 0.742. The molecule has 1 aromatic carbocycles. The Morgan fingerprint density at radius 2 is 2.06 bits per heavy atom. The van der Waals surface area contributed by atoms with Crippen molar-refractivity contribution in [2.24, 2.45) is 0 Å². The smallest absolute Gasteiger partial charge is 0.120 e. The molecular weight excluding hydrogens is 216 g/mol. The maximum Gasteiger partial charge on any atom is 0.120 e. The van der Waals surface area contributed by atoms with Crippen LogP contribution in [0.25, 0.3) is 0 Å². The molecule has 0 aliphatic rings. The molecule has 0 saturated carbocycles. The number of ether oxygens (including phenoxy) is 2. The summed E-state index contributed by atoms with van der Waals surface area (Å²) >= 11 is 0. The van der Waals surface area contributed by atoms with E-state index >= 15 is 0 Å². The molecule has 0 heterocycles. The number of aliphatic hydroxyl groups is 1. The Kier molecular flexibility index (Phi) is 6.01. The molecule has 0 aliphatic carbocycles. The Hall–Kier alpha value is -1.06. The predicted molar refractivity (Wildman–Crippen MR) is 68.3 cm³/mol. The molecule has 3 nitrogen and oxygen atoms in total. The van der Waals surface area contributed by atoms with Crippen LogP contribution >= 0.6 is 0 Å². The summed E-state index contributed by atoms with van der Waals surface area (Å²) in [5, 5.41) is 9.93. The highest BCUT2D eigenvalue weighted by Crippen LogP contribution is 2.20. The molecule has 1 unspecified atom stereocenters. The Bertz CT molecular complexity index is 323. The summed E-state index contributed by atoms with van der Waals surface area (Å²) in [5.41, 5.74) is 0.833. The first-order valence-electron chi connectivity index (χ1n) is 6.16. The summed E-state index contributed by atoms with van der Waals surface area (Å²) in [6, 6.07) is 7.52. The average molecular weight is 238 g/mol. The van der Waals surface area contributed by atoms with E-state index in [0.29, 0.717) is 13.2 Å². The van der Waals surface area contributed by atoms with E-state index in [-0.39, 0.29) is 6.10 Å². The minimum absolute atomic E-state index is 0.138. The molecule has 0 aromatic heterocycles. The monoisotopic (exact) mass is 238 g/mol.